The van der Waals surface area contributed by atoms with Crippen LogP contribution < -0.4 is 11.3 Å². The first-order chi connectivity index (χ1) is 9.33. The highest BCUT2D eigenvalue weighted by Crippen LogP contribution is 2.29. The first-order valence-electron chi connectivity index (χ1n) is 5.98. The summed E-state index contributed by atoms with van der Waals surface area (Å²) < 4.78 is 0. The van der Waals surface area contributed by atoms with Crippen LogP contribution in [0.5, 0.6) is 0 Å². The van der Waals surface area contributed by atoms with Crippen molar-refractivity contribution in [2.75, 3.05) is 5.43 Å². The Bertz CT molecular complexity index is 722. The zero-order valence-electron chi connectivity index (χ0n) is 10.4. The van der Waals surface area contributed by atoms with Gasteiger partial charge in [0.2, 0.25) is 0 Å². The van der Waals surface area contributed by atoms with Crippen LogP contribution in [0.2, 0.25) is 0 Å². The van der Waals surface area contributed by atoms with Gasteiger partial charge in [0, 0.05) is 18.0 Å². The normalized spacial score (nSPS) is 10.8. The summed E-state index contributed by atoms with van der Waals surface area (Å²) in [6.07, 6.45) is 4.50. The number of nitrogen functional groups attached to an aromatic ring is 1. The van der Waals surface area contributed by atoms with E-state index in [-0.39, 0.29) is 0 Å². The van der Waals surface area contributed by atoms with Gasteiger partial charge in [-0.25, -0.2) is 15.8 Å². The highest BCUT2D eigenvalue weighted by atomic mass is 32.1. The zero-order chi connectivity index (χ0) is 13.2. The Balaban J connectivity index is 2.24. The fourth-order valence-corrected chi connectivity index (χ4v) is 2.78. The standard InChI is InChI=1S/C13H13N5S/c1-2-8-7-15-5-3-9(8)11-16-12(18-14)10-4-6-19-13(10)17-11/h3-7H,2,14H2,1H3,(H,16,17,18). The molecular weight excluding hydrogens is 258 g/mol. The molecule has 0 spiro atoms. The maximum atomic E-state index is 5.54. The number of thiophene rings is 1. The van der Waals surface area contributed by atoms with Crippen molar-refractivity contribution >= 4 is 27.4 Å². The average molecular weight is 271 g/mol. The van der Waals surface area contributed by atoms with E-state index in [0.29, 0.717) is 11.6 Å². The molecule has 0 saturated heterocycles. The molecule has 0 amide bonds. The van der Waals surface area contributed by atoms with Crippen LogP contribution in [0.15, 0.2) is 29.9 Å². The molecule has 0 bridgehead atoms. The number of hydrazine groups is 1. The lowest BCUT2D eigenvalue weighted by Gasteiger charge is -2.08. The van der Waals surface area contributed by atoms with Crippen LogP contribution in [0, 0.1) is 0 Å². The lowest BCUT2D eigenvalue weighted by atomic mass is 10.1. The van der Waals surface area contributed by atoms with Gasteiger partial charge in [0.15, 0.2) is 11.6 Å². The number of rotatable bonds is 3. The summed E-state index contributed by atoms with van der Waals surface area (Å²) in [5.74, 6) is 6.88. The number of nitrogens with one attached hydrogen (secondary N) is 1. The quantitative estimate of drug-likeness (QED) is 0.565. The van der Waals surface area contributed by atoms with Gasteiger partial charge in [-0.3, -0.25) is 4.98 Å². The van der Waals surface area contributed by atoms with Gasteiger partial charge in [0.25, 0.3) is 0 Å². The van der Waals surface area contributed by atoms with E-state index >= 15 is 0 Å². The minimum atomic E-state index is 0.653. The van der Waals surface area contributed by atoms with E-state index in [1.807, 2.05) is 23.7 Å². The summed E-state index contributed by atoms with van der Waals surface area (Å²) in [7, 11) is 0. The van der Waals surface area contributed by atoms with Crippen molar-refractivity contribution in [3.8, 4) is 11.4 Å². The monoisotopic (exact) mass is 271 g/mol. The molecule has 3 aromatic heterocycles. The molecule has 0 aromatic carbocycles. The van der Waals surface area contributed by atoms with E-state index in [2.05, 4.69) is 27.3 Å². The molecule has 96 valence electrons. The smallest absolute Gasteiger partial charge is 0.163 e. The van der Waals surface area contributed by atoms with E-state index in [9.17, 15) is 0 Å². The predicted octanol–water partition coefficient (Wildman–Crippen LogP) is 2.60. The third-order valence-corrected chi connectivity index (χ3v) is 3.79. The Kier molecular flexibility index (Phi) is 3.10. The van der Waals surface area contributed by atoms with Crippen molar-refractivity contribution in [1.82, 2.24) is 15.0 Å². The molecule has 19 heavy (non-hydrogen) atoms. The molecule has 0 aliphatic carbocycles. The van der Waals surface area contributed by atoms with E-state index in [1.165, 1.54) is 0 Å². The largest absolute Gasteiger partial charge is 0.308 e. The zero-order valence-corrected chi connectivity index (χ0v) is 11.2. The van der Waals surface area contributed by atoms with Gasteiger partial charge in [-0.1, -0.05) is 6.92 Å². The van der Waals surface area contributed by atoms with Crippen molar-refractivity contribution in [3.63, 3.8) is 0 Å². The van der Waals surface area contributed by atoms with E-state index < -0.39 is 0 Å². The second-order valence-corrected chi connectivity index (χ2v) is 4.96. The number of aryl methyl sites for hydroxylation is 1. The highest BCUT2D eigenvalue weighted by Gasteiger charge is 2.12. The van der Waals surface area contributed by atoms with Gasteiger partial charge < -0.3 is 5.43 Å². The van der Waals surface area contributed by atoms with Gasteiger partial charge in [0.1, 0.15) is 4.83 Å². The second-order valence-electron chi connectivity index (χ2n) is 4.07. The molecule has 0 aliphatic rings. The predicted molar refractivity (Wildman–Crippen MR) is 77.8 cm³/mol. The number of aromatic nitrogens is 3. The number of hydrogen-bond donors (Lipinski definition) is 2. The van der Waals surface area contributed by atoms with E-state index in [0.717, 1.165) is 27.8 Å². The summed E-state index contributed by atoms with van der Waals surface area (Å²) in [5.41, 5.74) is 4.77. The third-order valence-electron chi connectivity index (χ3n) is 2.99. The van der Waals surface area contributed by atoms with Gasteiger partial charge in [-0.15, -0.1) is 11.3 Å². The summed E-state index contributed by atoms with van der Waals surface area (Å²) in [6, 6.07) is 3.90. The van der Waals surface area contributed by atoms with Gasteiger partial charge >= 0.3 is 0 Å². The summed E-state index contributed by atoms with van der Waals surface area (Å²) in [6.45, 7) is 2.09. The number of pyridine rings is 1. The van der Waals surface area contributed by atoms with Crippen LogP contribution in [0.1, 0.15) is 12.5 Å². The molecule has 0 saturated carbocycles. The SMILES string of the molecule is CCc1cnccc1-c1nc(NN)c2ccsc2n1. The number of hydrogen-bond acceptors (Lipinski definition) is 6. The fourth-order valence-electron chi connectivity index (χ4n) is 2.01. The minimum Gasteiger partial charge on any atom is -0.308 e. The maximum Gasteiger partial charge on any atom is 0.163 e. The van der Waals surface area contributed by atoms with Crippen molar-refractivity contribution in [2.45, 2.75) is 13.3 Å². The molecule has 5 nitrogen and oxygen atoms in total. The van der Waals surface area contributed by atoms with Crippen LogP contribution >= 0.6 is 11.3 Å². The average Bonchev–Trinajstić information content (AvgIpc) is 2.94. The first-order valence-corrected chi connectivity index (χ1v) is 6.86. The molecular formula is C13H13N5S. The molecule has 0 atom stereocenters. The Hall–Kier alpha value is -2.05. The third kappa shape index (κ3) is 2.05. The first kappa shape index (κ1) is 12.0. The molecule has 3 N–H and O–H groups in total. The molecule has 0 aliphatic heterocycles. The number of anilines is 1. The summed E-state index contributed by atoms with van der Waals surface area (Å²) in [5, 5.41) is 2.93. The van der Waals surface area contributed by atoms with Crippen LogP contribution in [-0.2, 0) is 6.42 Å². The lowest BCUT2D eigenvalue weighted by Crippen LogP contribution is -2.10. The lowest BCUT2D eigenvalue weighted by molar-refractivity contribution is 1.09. The minimum absolute atomic E-state index is 0.653. The Morgan fingerprint density at radius 1 is 1.32 bits per heavy atom. The van der Waals surface area contributed by atoms with Crippen molar-refractivity contribution < 1.29 is 0 Å². The summed E-state index contributed by atoms with van der Waals surface area (Å²) >= 11 is 1.58. The van der Waals surface area contributed by atoms with Crippen molar-refractivity contribution in [2.24, 2.45) is 5.84 Å². The second kappa shape index (κ2) is 4.91. The number of nitrogens with two attached hydrogens (primary N) is 1. The fraction of sp³-hybridized carbons (Fsp3) is 0.154. The van der Waals surface area contributed by atoms with Crippen LogP contribution in [0.3, 0.4) is 0 Å². The van der Waals surface area contributed by atoms with Gasteiger partial charge in [0.05, 0.1) is 5.39 Å². The molecule has 3 aromatic rings. The van der Waals surface area contributed by atoms with Crippen LogP contribution in [0.4, 0.5) is 5.82 Å². The highest BCUT2D eigenvalue weighted by molar-refractivity contribution is 7.16. The Morgan fingerprint density at radius 2 is 2.21 bits per heavy atom. The topological polar surface area (TPSA) is 76.7 Å². The number of nitrogens with zero attached hydrogens (tertiary/aromatic N) is 3. The van der Waals surface area contributed by atoms with Crippen molar-refractivity contribution in [3.05, 3.63) is 35.5 Å². The van der Waals surface area contributed by atoms with E-state index in [1.54, 1.807) is 17.5 Å². The molecule has 0 fully saturated rings. The van der Waals surface area contributed by atoms with Gasteiger partial charge in [-0.2, -0.15) is 0 Å². The molecule has 6 heteroatoms. The molecule has 0 radical (unpaired) electrons. The Labute approximate surface area is 114 Å². The van der Waals surface area contributed by atoms with Crippen molar-refractivity contribution in [1.29, 1.82) is 0 Å². The molecule has 0 unspecified atom stereocenters. The van der Waals surface area contributed by atoms with Crippen LogP contribution in [0.25, 0.3) is 21.6 Å². The molecule has 3 heterocycles. The van der Waals surface area contributed by atoms with Crippen LogP contribution in [-0.4, -0.2) is 15.0 Å². The van der Waals surface area contributed by atoms with Gasteiger partial charge in [-0.05, 0) is 29.5 Å². The van der Waals surface area contributed by atoms with E-state index in [4.69, 9.17) is 5.84 Å². The summed E-state index contributed by atoms with van der Waals surface area (Å²) in [4.78, 5) is 14.2. The maximum absolute atomic E-state index is 5.54. The molecule has 3 rings (SSSR count). The number of fused-ring (bicyclic) bond motifs is 1. The Morgan fingerprint density at radius 3 is 3.00 bits per heavy atom.